The van der Waals surface area contributed by atoms with Gasteiger partial charge in [0.05, 0.1) is 0 Å². The number of hydrogen-bond donors (Lipinski definition) is 0. The molecule has 0 atom stereocenters. The molecule has 0 saturated heterocycles. The summed E-state index contributed by atoms with van der Waals surface area (Å²) in [6.45, 7) is 4.28. The molecular formula is C9H11BrS. The summed E-state index contributed by atoms with van der Waals surface area (Å²) in [6, 6.07) is 6.43. The summed E-state index contributed by atoms with van der Waals surface area (Å²) < 4.78 is 1.20. The lowest BCUT2D eigenvalue weighted by Crippen LogP contribution is -1.78. The molecule has 1 aromatic carbocycles. The molecule has 1 rings (SSSR count). The first-order valence-electron chi connectivity index (χ1n) is 3.63. The van der Waals surface area contributed by atoms with Gasteiger partial charge in [0, 0.05) is 9.37 Å². The molecule has 0 N–H and O–H groups in total. The van der Waals surface area contributed by atoms with E-state index < -0.39 is 0 Å². The van der Waals surface area contributed by atoms with E-state index in [0.717, 1.165) is 5.75 Å². The van der Waals surface area contributed by atoms with Crippen LogP contribution in [-0.2, 0) is 0 Å². The number of hydrogen-bond acceptors (Lipinski definition) is 1. The molecule has 2 heteroatoms. The number of thioether (sulfide) groups is 1. The molecule has 0 amide bonds. The van der Waals surface area contributed by atoms with Gasteiger partial charge in [0.1, 0.15) is 0 Å². The fourth-order valence-electron chi connectivity index (χ4n) is 0.877. The van der Waals surface area contributed by atoms with Gasteiger partial charge in [-0.05, 0) is 46.3 Å². The molecule has 0 bridgehead atoms. The van der Waals surface area contributed by atoms with Crippen molar-refractivity contribution in [3.05, 3.63) is 28.2 Å². The summed E-state index contributed by atoms with van der Waals surface area (Å²) in [6.07, 6.45) is 0. The van der Waals surface area contributed by atoms with E-state index in [1.54, 1.807) is 0 Å². The van der Waals surface area contributed by atoms with Gasteiger partial charge in [0.25, 0.3) is 0 Å². The molecule has 0 aliphatic rings. The lowest BCUT2D eigenvalue weighted by molar-refractivity contribution is 1.32. The molecule has 0 spiro atoms. The van der Waals surface area contributed by atoms with E-state index in [0.29, 0.717) is 0 Å². The topological polar surface area (TPSA) is 0 Å². The van der Waals surface area contributed by atoms with Gasteiger partial charge in [0.2, 0.25) is 0 Å². The van der Waals surface area contributed by atoms with Gasteiger partial charge in [0.15, 0.2) is 0 Å². The summed E-state index contributed by atoms with van der Waals surface area (Å²) in [5, 5.41) is 0. The van der Waals surface area contributed by atoms with Crippen molar-refractivity contribution in [3.8, 4) is 0 Å². The third-order valence-corrected chi connectivity index (χ3v) is 3.28. The van der Waals surface area contributed by atoms with E-state index in [4.69, 9.17) is 0 Å². The molecule has 0 heterocycles. The standard InChI is InChI=1S/C9H11BrS/c1-3-11-9-6-7(2)4-5-8(9)10/h4-6H,3H2,1-2H3. The Labute approximate surface area is 80.5 Å². The zero-order valence-electron chi connectivity index (χ0n) is 6.73. The minimum atomic E-state index is 1.13. The van der Waals surface area contributed by atoms with E-state index in [-0.39, 0.29) is 0 Å². The number of rotatable bonds is 2. The Morgan fingerprint density at radius 3 is 2.82 bits per heavy atom. The summed E-state index contributed by atoms with van der Waals surface area (Å²) in [5.74, 6) is 1.13. The van der Waals surface area contributed by atoms with Crippen molar-refractivity contribution in [1.82, 2.24) is 0 Å². The summed E-state index contributed by atoms with van der Waals surface area (Å²) in [7, 11) is 0. The van der Waals surface area contributed by atoms with Crippen LogP contribution in [0.25, 0.3) is 0 Å². The highest BCUT2D eigenvalue weighted by atomic mass is 79.9. The highest BCUT2D eigenvalue weighted by Crippen LogP contribution is 2.27. The van der Waals surface area contributed by atoms with Crippen LogP contribution in [0.4, 0.5) is 0 Å². The average molecular weight is 231 g/mol. The largest absolute Gasteiger partial charge is 0.125 e. The molecule has 0 aliphatic carbocycles. The first-order valence-corrected chi connectivity index (χ1v) is 5.41. The van der Waals surface area contributed by atoms with Gasteiger partial charge in [-0.3, -0.25) is 0 Å². The van der Waals surface area contributed by atoms with E-state index in [1.165, 1.54) is 14.9 Å². The molecule has 60 valence electrons. The van der Waals surface area contributed by atoms with Crippen molar-refractivity contribution in [1.29, 1.82) is 0 Å². The van der Waals surface area contributed by atoms with Crippen LogP contribution in [0.1, 0.15) is 12.5 Å². The van der Waals surface area contributed by atoms with Crippen LogP contribution in [0.3, 0.4) is 0 Å². The fraction of sp³-hybridized carbons (Fsp3) is 0.333. The fourth-order valence-corrected chi connectivity index (χ4v) is 2.25. The van der Waals surface area contributed by atoms with E-state index >= 15 is 0 Å². The smallest absolute Gasteiger partial charge is 0.0311 e. The number of benzene rings is 1. The Bertz CT molecular complexity index is 245. The molecule has 1 aromatic rings. The summed E-state index contributed by atoms with van der Waals surface area (Å²) >= 11 is 5.38. The molecule has 0 unspecified atom stereocenters. The summed E-state index contributed by atoms with van der Waals surface area (Å²) in [4.78, 5) is 1.34. The minimum absolute atomic E-state index is 1.13. The second-order valence-corrected chi connectivity index (χ2v) is 4.53. The number of aryl methyl sites for hydroxylation is 1. The van der Waals surface area contributed by atoms with Crippen molar-refractivity contribution in [2.75, 3.05) is 5.75 Å². The highest BCUT2D eigenvalue weighted by Gasteiger charge is 1.97. The van der Waals surface area contributed by atoms with E-state index in [1.807, 2.05) is 11.8 Å². The predicted octanol–water partition coefficient (Wildman–Crippen LogP) is 3.87. The van der Waals surface area contributed by atoms with Gasteiger partial charge < -0.3 is 0 Å². The van der Waals surface area contributed by atoms with Crippen LogP contribution < -0.4 is 0 Å². The van der Waals surface area contributed by atoms with Crippen molar-refractivity contribution in [2.24, 2.45) is 0 Å². The summed E-state index contributed by atoms with van der Waals surface area (Å²) in [5.41, 5.74) is 1.32. The molecule has 0 fully saturated rings. The Morgan fingerprint density at radius 1 is 1.45 bits per heavy atom. The maximum atomic E-state index is 3.51. The minimum Gasteiger partial charge on any atom is -0.125 e. The van der Waals surface area contributed by atoms with Crippen LogP contribution in [0.2, 0.25) is 0 Å². The van der Waals surface area contributed by atoms with Gasteiger partial charge >= 0.3 is 0 Å². The van der Waals surface area contributed by atoms with Crippen molar-refractivity contribution in [2.45, 2.75) is 18.7 Å². The first-order chi connectivity index (χ1) is 5.24. The van der Waals surface area contributed by atoms with Gasteiger partial charge in [-0.2, -0.15) is 0 Å². The Balaban J connectivity index is 2.93. The van der Waals surface area contributed by atoms with Crippen LogP contribution in [0, 0.1) is 6.92 Å². The monoisotopic (exact) mass is 230 g/mol. The molecule has 0 aliphatic heterocycles. The SMILES string of the molecule is CCSc1cc(C)ccc1Br. The highest BCUT2D eigenvalue weighted by molar-refractivity contribution is 9.10. The van der Waals surface area contributed by atoms with Gasteiger partial charge in [-0.25, -0.2) is 0 Å². The van der Waals surface area contributed by atoms with Crippen molar-refractivity contribution < 1.29 is 0 Å². The van der Waals surface area contributed by atoms with Crippen molar-refractivity contribution >= 4 is 27.7 Å². The average Bonchev–Trinajstić information content (AvgIpc) is 1.98. The maximum Gasteiger partial charge on any atom is 0.0311 e. The van der Waals surface area contributed by atoms with Crippen LogP contribution >= 0.6 is 27.7 Å². The van der Waals surface area contributed by atoms with Crippen LogP contribution in [-0.4, -0.2) is 5.75 Å². The third kappa shape index (κ3) is 2.53. The van der Waals surface area contributed by atoms with Crippen LogP contribution in [0.5, 0.6) is 0 Å². The second kappa shape index (κ2) is 4.17. The Morgan fingerprint density at radius 2 is 2.18 bits per heavy atom. The van der Waals surface area contributed by atoms with E-state index in [9.17, 15) is 0 Å². The van der Waals surface area contributed by atoms with Crippen molar-refractivity contribution in [3.63, 3.8) is 0 Å². The lowest BCUT2D eigenvalue weighted by atomic mass is 10.2. The third-order valence-electron chi connectivity index (χ3n) is 1.39. The normalized spacial score (nSPS) is 10.1. The molecule has 0 radical (unpaired) electrons. The Hall–Kier alpha value is 0.0500. The second-order valence-electron chi connectivity index (χ2n) is 2.37. The quantitative estimate of drug-likeness (QED) is 0.696. The van der Waals surface area contributed by atoms with Gasteiger partial charge in [-0.15, -0.1) is 11.8 Å². The van der Waals surface area contributed by atoms with Crippen LogP contribution in [0.15, 0.2) is 27.6 Å². The first kappa shape index (κ1) is 9.14. The molecule has 0 nitrogen and oxygen atoms in total. The molecule has 0 saturated carbocycles. The number of halogens is 1. The molecule has 0 aromatic heterocycles. The predicted molar refractivity (Wildman–Crippen MR) is 55.3 cm³/mol. The Kier molecular flexibility index (Phi) is 3.46. The molecule has 11 heavy (non-hydrogen) atoms. The van der Waals surface area contributed by atoms with E-state index in [2.05, 4.69) is 48.0 Å². The molecular weight excluding hydrogens is 220 g/mol. The lowest BCUT2D eigenvalue weighted by Gasteiger charge is -2.02. The zero-order valence-corrected chi connectivity index (χ0v) is 9.13. The maximum absolute atomic E-state index is 3.51. The van der Waals surface area contributed by atoms with Gasteiger partial charge in [-0.1, -0.05) is 13.0 Å². The zero-order chi connectivity index (χ0) is 8.27.